The Bertz CT molecular complexity index is 2990. The molecule has 0 fully saturated rings. The van der Waals surface area contributed by atoms with Crippen molar-refractivity contribution in [2.75, 3.05) is 38.7 Å². The molecule has 0 aliphatic rings. The van der Waals surface area contributed by atoms with E-state index in [1.54, 1.807) is 24.3 Å². The highest BCUT2D eigenvalue weighted by Gasteiger charge is 2.34. The van der Waals surface area contributed by atoms with Crippen molar-refractivity contribution in [3.63, 3.8) is 0 Å². The Kier molecular flexibility index (Phi) is 36.0. The van der Waals surface area contributed by atoms with Crippen LogP contribution in [-0.4, -0.2) is 205 Å². The molecular formula is C61H86N10O21S. The van der Waals surface area contributed by atoms with Crippen LogP contribution in [0.4, 0.5) is 4.79 Å². The zero-order chi connectivity index (χ0) is 68.8. The molecule has 3 rings (SSSR count). The maximum atomic E-state index is 14.5. The summed E-state index contributed by atoms with van der Waals surface area (Å²) in [5.74, 6) is -12.1. The molecule has 18 N–H and O–H groups in total. The Morgan fingerprint density at radius 3 is 1.29 bits per heavy atom. The number of urea groups is 1. The summed E-state index contributed by atoms with van der Waals surface area (Å²) in [7, 11) is 0. The van der Waals surface area contributed by atoms with Gasteiger partial charge in [-0.05, 0) is 105 Å². The minimum absolute atomic E-state index is 0.0139. The molecule has 0 aliphatic carbocycles. The number of aromatic hydroxyl groups is 1. The Balaban J connectivity index is 1.55. The number of amides is 10. The minimum atomic E-state index is -1.80. The highest BCUT2D eigenvalue weighted by atomic mass is 32.1. The topological polar surface area (TPSA) is 504 Å². The van der Waals surface area contributed by atoms with Gasteiger partial charge in [-0.25, -0.2) is 19.2 Å². The number of hydrogen-bond acceptors (Lipinski definition) is 18. The smallest absolute Gasteiger partial charge is 0.326 e. The lowest BCUT2D eigenvalue weighted by molar-refractivity contribution is -0.142. The van der Waals surface area contributed by atoms with E-state index < -0.39 is 140 Å². The fourth-order valence-electron chi connectivity index (χ4n) is 9.37. The Hall–Kier alpha value is -9.14. The predicted molar refractivity (Wildman–Crippen MR) is 336 cm³/mol. The van der Waals surface area contributed by atoms with Crippen LogP contribution in [-0.2, 0) is 70.4 Å². The lowest BCUT2D eigenvalue weighted by Gasteiger charge is -2.27. The second kappa shape index (κ2) is 42.8. The zero-order valence-corrected chi connectivity index (χ0v) is 52.2. The van der Waals surface area contributed by atoms with Crippen LogP contribution in [0, 0.1) is 0 Å². The second-order valence-corrected chi connectivity index (χ2v) is 22.2. The van der Waals surface area contributed by atoms with E-state index in [2.05, 4.69) is 65.8 Å². The van der Waals surface area contributed by atoms with Crippen LogP contribution in [0.3, 0.4) is 0 Å². The van der Waals surface area contributed by atoms with Crippen molar-refractivity contribution in [1.29, 1.82) is 0 Å². The van der Waals surface area contributed by atoms with Crippen molar-refractivity contribution in [2.45, 2.75) is 164 Å². The van der Waals surface area contributed by atoms with Gasteiger partial charge in [0, 0.05) is 51.8 Å². The van der Waals surface area contributed by atoms with Gasteiger partial charge >= 0.3 is 29.9 Å². The largest absolute Gasteiger partial charge is 0.508 e. The number of aliphatic carboxylic acids is 4. The summed E-state index contributed by atoms with van der Waals surface area (Å²) in [5.41, 5.74) is 0.933. The third-order valence-electron chi connectivity index (χ3n) is 14.5. The molecule has 0 radical (unpaired) electrons. The standard InChI is InChI=1S/C61H86N10O21S/c72-29-26-41(65-56(84)47(33-73)64-51(78)35-93)53(81)69-48(34-74)57(85)68-45(31-36-21-24-40(75)25-22-36)55(83)67-46(32-37-20-23-38-12-5-6-13-39(38)30-37)54(82)66-42(58(86)87)14-7-9-27-62-49(76)17-3-1-2-4-18-50(77)63-28-10-8-15-43(59(88)89)70-61(92)71-44(60(90)91)16-11-19-52(79)80/h5-6,12-13,20-25,30,41-48,72-75,93H,1-4,7-11,14-19,26-29,31-35H2,(H,62,76)(H,63,77)(H,64,78)(H,65,84)(H,66,82)(H,67,83)(H,68,85)(H,69,81)(H,79,80)(H,86,87)(H,88,89)(H,90,91)(H2,70,71,92)/t41-,42+,43-,44-,45+,46+,47?,48?/m0/s1. The molecule has 0 saturated heterocycles. The molecule has 0 saturated carbocycles. The molecule has 8 atom stereocenters. The molecule has 0 bridgehead atoms. The van der Waals surface area contributed by atoms with Gasteiger partial charge in [0.1, 0.15) is 54.1 Å². The fourth-order valence-corrected chi connectivity index (χ4v) is 9.46. The molecule has 0 aliphatic heterocycles. The van der Waals surface area contributed by atoms with Crippen molar-refractivity contribution in [2.24, 2.45) is 0 Å². The number of unbranched alkanes of at least 4 members (excludes halogenated alkanes) is 5. The number of phenolic OH excluding ortho intramolecular Hbond substituents is 1. The first-order valence-corrected chi connectivity index (χ1v) is 31.0. The SMILES string of the molecule is O=C(O)CCC[C@H](NC(=O)N[C@@H](CCCCNC(=O)CCCCCCC(=O)NCCCC[C@@H](NC(=O)[C@@H](Cc1ccc2ccccc2c1)NC(=O)[C@@H](Cc1ccc(O)cc1)NC(=O)C(CO)NC(=O)[C@H](CCO)NC(=O)C(CO)NC(=O)CS)C(=O)O)C(=O)O)C(=O)O. The van der Waals surface area contributed by atoms with E-state index in [0.29, 0.717) is 56.1 Å². The molecule has 10 amide bonds. The Labute approximate surface area is 541 Å². The van der Waals surface area contributed by atoms with E-state index in [1.807, 2.05) is 18.2 Å². The quantitative estimate of drug-likeness (QED) is 0.0238. The van der Waals surface area contributed by atoms with Gasteiger partial charge in [-0.15, -0.1) is 0 Å². The van der Waals surface area contributed by atoms with Crippen molar-refractivity contribution in [1.82, 2.24) is 53.2 Å². The van der Waals surface area contributed by atoms with Crippen LogP contribution in [0.25, 0.3) is 10.8 Å². The van der Waals surface area contributed by atoms with Crippen LogP contribution in [0.15, 0.2) is 66.7 Å². The van der Waals surface area contributed by atoms with Gasteiger partial charge in [-0.2, -0.15) is 12.6 Å². The van der Waals surface area contributed by atoms with Gasteiger partial charge in [0.05, 0.1) is 19.0 Å². The van der Waals surface area contributed by atoms with Crippen LogP contribution in [0.2, 0.25) is 0 Å². The van der Waals surface area contributed by atoms with Gasteiger partial charge in [0.25, 0.3) is 0 Å². The summed E-state index contributed by atoms with van der Waals surface area (Å²) >= 11 is 3.81. The van der Waals surface area contributed by atoms with E-state index in [0.717, 1.165) is 10.8 Å². The first-order valence-electron chi connectivity index (χ1n) is 30.4. The highest BCUT2D eigenvalue weighted by molar-refractivity contribution is 7.81. The maximum Gasteiger partial charge on any atom is 0.326 e. The summed E-state index contributed by atoms with van der Waals surface area (Å²) < 4.78 is 0. The lowest BCUT2D eigenvalue weighted by Crippen LogP contribution is -2.61. The number of thiol groups is 1. The van der Waals surface area contributed by atoms with Gasteiger partial charge in [0.15, 0.2) is 0 Å². The molecule has 0 heterocycles. The monoisotopic (exact) mass is 1330 g/mol. The number of aliphatic hydroxyl groups is 3. The number of rotatable bonds is 46. The van der Waals surface area contributed by atoms with E-state index in [9.17, 15) is 98.1 Å². The van der Waals surface area contributed by atoms with E-state index in [4.69, 9.17) is 5.11 Å². The Morgan fingerprint density at radius 2 is 0.806 bits per heavy atom. The molecule has 0 aromatic heterocycles. The average Bonchev–Trinajstić information content (AvgIpc) is 1.00. The third-order valence-corrected chi connectivity index (χ3v) is 14.8. The molecule has 93 heavy (non-hydrogen) atoms. The predicted octanol–water partition coefficient (Wildman–Crippen LogP) is -1.01. The fraction of sp³-hybridized carbons (Fsp3) is 0.525. The van der Waals surface area contributed by atoms with Gasteiger partial charge in [0.2, 0.25) is 47.3 Å². The van der Waals surface area contributed by atoms with Gasteiger partial charge in [-0.3, -0.25) is 43.2 Å². The van der Waals surface area contributed by atoms with Crippen molar-refractivity contribution < 1.29 is 103 Å². The molecule has 0 spiro atoms. The normalized spacial score (nSPS) is 13.5. The molecule has 512 valence electrons. The number of benzene rings is 3. The van der Waals surface area contributed by atoms with Crippen LogP contribution in [0.5, 0.6) is 5.75 Å². The van der Waals surface area contributed by atoms with Crippen molar-refractivity contribution in [3.05, 3.63) is 77.9 Å². The van der Waals surface area contributed by atoms with E-state index in [1.165, 1.54) is 24.3 Å². The number of carboxylic acid groups (broad SMARTS) is 4. The summed E-state index contributed by atoms with van der Waals surface area (Å²) in [6, 6.07) is 4.90. The van der Waals surface area contributed by atoms with Crippen molar-refractivity contribution >= 4 is 101 Å². The first-order chi connectivity index (χ1) is 44.4. The number of carboxylic acids is 4. The number of aliphatic hydroxyl groups excluding tert-OH is 3. The molecule has 31 nitrogen and oxygen atoms in total. The molecule has 32 heteroatoms. The van der Waals surface area contributed by atoms with Crippen LogP contribution < -0.4 is 53.2 Å². The maximum absolute atomic E-state index is 14.5. The summed E-state index contributed by atoms with van der Waals surface area (Å²) in [5, 5.41) is 103. The summed E-state index contributed by atoms with van der Waals surface area (Å²) in [4.78, 5) is 165. The van der Waals surface area contributed by atoms with Crippen LogP contribution >= 0.6 is 12.6 Å². The number of phenols is 1. The Morgan fingerprint density at radius 1 is 0.387 bits per heavy atom. The number of hydrogen-bond donors (Lipinski definition) is 19. The molecular weight excluding hydrogens is 1240 g/mol. The third kappa shape index (κ3) is 30.7. The molecule has 3 aromatic rings. The number of carbonyl (C=O) groups excluding carboxylic acids is 9. The number of nitrogens with one attached hydrogen (secondary N) is 10. The number of fused-ring (bicyclic) bond motifs is 1. The van der Waals surface area contributed by atoms with E-state index >= 15 is 0 Å². The lowest BCUT2D eigenvalue weighted by atomic mass is 9.99. The average molecular weight is 1330 g/mol. The second-order valence-electron chi connectivity index (χ2n) is 21.8. The minimum Gasteiger partial charge on any atom is -0.508 e. The van der Waals surface area contributed by atoms with Crippen molar-refractivity contribution in [3.8, 4) is 5.75 Å². The van der Waals surface area contributed by atoms with Gasteiger partial charge < -0.3 is 94.0 Å². The molecule has 2 unspecified atom stereocenters. The van der Waals surface area contributed by atoms with E-state index in [-0.39, 0.29) is 101 Å². The van der Waals surface area contributed by atoms with Crippen LogP contribution in [0.1, 0.15) is 114 Å². The first kappa shape index (κ1) is 78.1. The van der Waals surface area contributed by atoms with Gasteiger partial charge in [-0.1, -0.05) is 67.4 Å². The summed E-state index contributed by atoms with van der Waals surface area (Å²) in [6.45, 7) is -2.18. The zero-order valence-electron chi connectivity index (χ0n) is 51.3. The summed E-state index contributed by atoms with van der Waals surface area (Å²) in [6.07, 6.45) is 2.45. The number of carbonyl (C=O) groups is 13. The molecule has 3 aromatic carbocycles. The highest BCUT2D eigenvalue weighted by Crippen LogP contribution is 2.18.